The van der Waals surface area contributed by atoms with E-state index >= 15 is 0 Å². The molecule has 5 heteroatoms. The molecule has 0 aromatic heterocycles. The molecule has 0 atom stereocenters. The highest BCUT2D eigenvalue weighted by Gasteiger charge is 1.98. The highest BCUT2D eigenvalue weighted by Crippen LogP contribution is 1.70. The molecule has 0 unspecified atom stereocenters. The molecule has 0 heterocycles. The van der Waals surface area contributed by atoms with Crippen molar-refractivity contribution in [2.45, 2.75) is 0 Å². The van der Waals surface area contributed by atoms with Crippen LogP contribution in [0.25, 0.3) is 0 Å². The second kappa shape index (κ2) is 5.05. The lowest BCUT2D eigenvalue weighted by Crippen LogP contribution is -2.32. The lowest BCUT2D eigenvalue weighted by Gasteiger charge is -1.96. The molecule has 0 bridgehead atoms. The van der Waals surface area contributed by atoms with Gasteiger partial charge < -0.3 is 5.32 Å². The summed E-state index contributed by atoms with van der Waals surface area (Å²) in [7, 11) is 0. The first kappa shape index (κ1) is 9.23. The van der Waals surface area contributed by atoms with Crippen molar-refractivity contribution in [2.24, 2.45) is 0 Å². The van der Waals surface area contributed by atoms with Gasteiger partial charge in [-0.15, -0.1) is 6.42 Å². The maximum atomic E-state index is 10.4. The minimum atomic E-state index is -0.583. The van der Waals surface area contributed by atoms with E-state index in [0.29, 0.717) is 0 Å². The zero-order valence-corrected chi connectivity index (χ0v) is 7.14. The van der Waals surface area contributed by atoms with Crippen molar-refractivity contribution in [1.82, 2.24) is 8.85 Å². The van der Waals surface area contributed by atoms with E-state index in [4.69, 9.17) is 6.42 Å². The van der Waals surface area contributed by atoms with Gasteiger partial charge in [-0.05, 0) is 5.92 Å². The van der Waals surface area contributed by atoms with Gasteiger partial charge in [-0.2, -0.15) is 0 Å². The van der Waals surface area contributed by atoms with E-state index in [1.807, 2.05) is 5.92 Å². The Morgan fingerprint density at radius 1 is 1.60 bits per heavy atom. The fraction of sp³-hybridized carbons (Fsp3) is 0.200. The van der Waals surface area contributed by atoms with E-state index in [-0.39, 0.29) is 12.5 Å². The summed E-state index contributed by atoms with van der Waals surface area (Å²) in [4.78, 5) is 20.7. The van der Waals surface area contributed by atoms with Gasteiger partial charge in [0.05, 0.1) is 29.4 Å². The molecule has 0 spiro atoms. The van der Waals surface area contributed by atoms with Crippen LogP contribution in [-0.4, -0.2) is 18.4 Å². The van der Waals surface area contributed by atoms with Crippen molar-refractivity contribution >= 4 is 34.7 Å². The number of terminal acetylenes is 1. The highest BCUT2D eigenvalue weighted by atomic mass is 127. The fourth-order valence-corrected chi connectivity index (χ4v) is 0.436. The predicted molar refractivity (Wildman–Crippen MR) is 44.0 cm³/mol. The first-order valence-corrected chi connectivity index (χ1v) is 3.42. The van der Waals surface area contributed by atoms with Crippen molar-refractivity contribution in [3.63, 3.8) is 0 Å². The molecule has 2 amide bonds. The van der Waals surface area contributed by atoms with Gasteiger partial charge in [0.15, 0.2) is 0 Å². The van der Waals surface area contributed by atoms with E-state index in [9.17, 15) is 9.59 Å². The largest absolute Gasteiger partial charge is 0.336 e. The summed E-state index contributed by atoms with van der Waals surface area (Å²) in [6, 6.07) is 0. The fourth-order valence-electron chi connectivity index (χ4n) is 0.245. The van der Waals surface area contributed by atoms with E-state index < -0.39 is 5.91 Å². The molecule has 54 valence electrons. The number of hydrogen-bond acceptors (Lipinski definition) is 2. The van der Waals surface area contributed by atoms with Gasteiger partial charge in [-0.25, -0.2) is 0 Å². The van der Waals surface area contributed by atoms with Crippen LogP contribution < -0.4 is 8.85 Å². The molecular weight excluding hydrogens is 247 g/mol. The Bertz CT molecular complexity index is 185. The SMILES string of the molecule is C#CC(=O)NCC(=O)NI. The second-order valence-corrected chi connectivity index (χ2v) is 1.88. The molecule has 0 aliphatic carbocycles. The van der Waals surface area contributed by atoms with Crippen molar-refractivity contribution in [3.05, 3.63) is 0 Å². The number of rotatable bonds is 2. The Morgan fingerprint density at radius 2 is 2.20 bits per heavy atom. The van der Waals surface area contributed by atoms with Crippen molar-refractivity contribution < 1.29 is 9.59 Å². The minimum Gasteiger partial charge on any atom is -0.336 e. The van der Waals surface area contributed by atoms with Gasteiger partial charge >= 0.3 is 0 Å². The van der Waals surface area contributed by atoms with Crippen LogP contribution in [0.5, 0.6) is 0 Å². The van der Waals surface area contributed by atoms with Crippen LogP contribution in [0.1, 0.15) is 0 Å². The van der Waals surface area contributed by atoms with Crippen LogP contribution >= 0.6 is 22.9 Å². The van der Waals surface area contributed by atoms with E-state index in [2.05, 4.69) is 8.85 Å². The van der Waals surface area contributed by atoms with Crippen LogP contribution in [0, 0.1) is 12.3 Å². The summed E-state index contributed by atoms with van der Waals surface area (Å²) in [5.41, 5.74) is 0. The normalized spacial score (nSPS) is 7.60. The molecule has 0 aromatic rings. The summed E-state index contributed by atoms with van der Waals surface area (Å²) in [6.45, 7) is -0.0774. The molecule has 4 nitrogen and oxygen atoms in total. The van der Waals surface area contributed by atoms with Crippen LogP contribution in [0.4, 0.5) is 0 Å². The standard InChI is InChI=1S/C5H5IN2O2/c1-2-4(9)7-3-5(10)8-6/h1H,3H2,(H,7,9)(H,8,10). The van der Waals surface area contributed by atoms with Crippen LogP contribution in [0.3, 0.4) is 0 Å². The molecule has 0 aromatic carbocycles. The maximum Gasteiger partial charge on any atom is 0.296 e. The quantitative estimate of drug-likeness (QED) is 0.384. The van der Waals surface area contributed by atoms with Gasteiger partial charge in [-0.3, -0.25) is 13.1 Å². The first-order valence-electron chi connectivity index (χ1n) is 2.34. The van der Waals surface area contributed by atoms with Crippen molar-refractivity contribution in [3.8, 4) is 12.3 Å². The molecule has 0 aliphatic heterocycles. The number of nitrogens with one attached hydrogen (secondary N) is 2. The zero-order valence-electron chi connectivity index (χ0n) is 4.98. The van der Waals surface area contributed by atoms with Crippen LogP contribution in [0.15, 0.2) is 0 Å². The summed E-state index contributed by atoms with van der Waals surface area (Å²) in [6.07, 6.45) is 4.70. The third-order valence-electron chi connectivity index (χ3n) is 0.646. The lowest BCUT2D eigenvalue weighted by molar-refractivity contribution is -0.122. The smallest absolute Gasteiger partial charge is 0.296 e. The van der Waals surface area contributed by atoms with Gasteiger partial charge in [0.2, 0.25) is 5.91 Å². The number of halogens is 1. The number of carbonyl (C=O) groups is 2. The first-order chi connectivity index (χ1) is 4.70. The Morgan fingerprint density at radius 3 is 2.60 bits per heavy atom. The maximum absolute atomic E-state index is 10.4. The van der Waals surface area contributed by atoms with Crippen LogP contribution in [-0.2, 0) is 9.59 Å². The Balaban J connectivity index is 3.48. The number of hydrogen-bond donors (Lipinski definition) is 2. The molecular formula is C5H5IN2O2. The molecule has 10 heavy (non-hydrogen) atoms. The van der Waals surface area contributed by atoms with Gasteiger partial charge in [0, 0.05) is 0 Å². The molecule has 0 saturated carbocycles. The summed E-state index contributed by atoms with van der Waals surface area (Å²) >= 11 is 1.67. The predicted octanol–water partition coefficient (Wildman–Crippen LogP) is -0.798. The van der Waals surface area contributed by atoms with Gasteiger partial charge in [-0.1, -0.05) is 0 Å². The average molecular weight is 252 g/mol. The molecule has 0 rings (SSSR count). The second-order valence-electron chi connectivity index (χ2n) is 1.34. The summed E-state index contributed by atoms with van der Waals surface area (Å²) < 4.78 is 2.29. The minimum absolute atomic E-state index is 0.0774. The Labute approximate surface area is 72.2 Å². The summed E-state index contributed by atoms with van der Waals surface area (Å²) in [5, 5.41) is 2.19. The topological polar surface area (TPSA) is 58.2 Å². The molecule has 2 N–H and O–H groups in total. The zero-order chi connectivity index (χ0) is 7.98. The third kappa shape index (κ3) is 4.14. The summed E-state index contributed by atoms with van der Waals surface area (Å²) in [5.74, 6) is 0.941. The average Bonchev–Trinajstić information content (AvgIpc) is 1.99. The van der Waals surface area contributed by atoms with Crippen molar-refractivity contribution in [1.29, 1.82) is 0 Å². The van der Waals surface area contributed by atoms with Gasteiger partial charge in [0.1, 0.15) is 0 Å². The van der Waals surface area contributed by atoms with Gasteiger partial charge in [0.25, 0.3) is 5.91 Å². The monoisotopic (exact) mass is 252 g/mol. The third-order valence-corrected chi connectivity index (χ3v) is 1.25. The van der Waals surface area contributed by atoms with E-state index in [1.165, 1.54) is 0 Å². The molecule has 0 radical (unpaired) electrons. The van der Waals surface area contributed by atoms with Crippen LogP contribution in [0.2, 0.25) is 0 Å². The van der Waals surface area contributed by atoms with E-state index in [1.54, 1.807) is 22.9 Å². The van der Waals surface area contributed by atoms with E-state index in [0.717, 1.165) is 0 Å². The highest BCUT2D eigenvalue weighted by molar-refractivity contribution is 14.1. The number of carbonyl (C=O) groups excluding carboxylic acids is 2. The molecule has 0 fully saturated rings. The van der Waals surface area contributed by atoms with Crippen molar-refractivity contribution in [2.75, 3.05) is 6.54 Å². The number of amides is 2. The molecule has 0 aliphatic rings. The Hall–Kier alpha value is -0.770. The Kier molecular flexibility index (Phi) is 4.66. The molecule has 0 saturated heterocycles. The lowest BCUT2D eigenvalue weighted by atomic mass is 10.5.